The Morgan fingerprint density at radius 1 is 1.65 bits per heavy atom. The van der Waals surface area contributed by atoms with Crippen molar-refractivity contribution in [1.82, 2.24) is 5.32 Å². The van der Waals surface area contributed by atoms with E-state index >= 15 is 0 Å². The van der Waals surface area contributed by atoms with Gasteiger partial charge in [0.25, 0.3) is 5.91 Å². The summed E-state index contributed by atoms with van der Waals surface area (Å²) in [5.74, 6) is 0.686. The van der Waals surface area contributed by atoms with Gasteiger partial charge in [-0.2, -0.15) is 0 Å². The van der Waals surface area contributed by atoms with Crippen LogP contribution in [0.15, 0.2) is 16.5 Å². The topological polar surface area (TPSA) is 77.5 Å². The summed E-state index contributed by atoms with van der Waals surface area (Å²) in [6, 6.07) is 3.35. The van der Waals surface area contributed by atoms with Crippen molar-refractivity contribution >= 4 is 5.91 Å². The van der Waals surface area contributed by atoms with E-state index in [0.717, 1.165) is 6.42 Å². The zero-order valence-corrected chi connectivity index (χ0v) is 10.2. The molecule has 0 saturated carbocycles. The van der Waals surface area contributed by atoms with Crippen LogP contribution in [0.25, 0.3) is 0 Å². The van der Waals surface area contributed by atoms with E-state index in [1.54, 1.807) is 12.1 Å². The first-order chi connectivity index (χ1) is 8.05. The maximum Gasteiger partial charge on any atom is 0.287 e. The maximum atomic E-state index is 12.0. The minimum Gasteiger partial charge on any atom is -0.455 e. The number of hydrogen-bond acceptors (Lipinski definition) is 4. The van der Waals surface area contributed by atoms with E-state index in [-0.39, 0.29) is 17.6 Å². The fraction of sp³-hybridized carbons (Fsp3) is 0.583. The second-order valence-electron chi connectivity index (χ2n) is 4.60. The quantitative estimate of drug-likeness (QED) is 0.824. The van der Waals surface area contributed by atoms with Crippen LogP contribution in [0.2, 0.25) is 0 Å². The van der Waals surface area contributed by atoms with Gasteiger partial charge in [-0.3, -0.25) is 4.79 Å². The molecule has 0 aromatic carbocycles. The van der Waals surface area contributed by atoms with Crippen molar-refractivity contribution < 1.29 is 13.9 Å². The Labute approximate surface area is 100 Å². The molecule has 2 atom stereocenters. The van der Waals surface area contributed by atoms with E-state index in [2.05, 4.69) is 5.32 Å². The van der Waals surface area contributed by atoms with E-state index < -0.39 is 0 Å². The lowest BCUT2D eigenvalue weighted by molar-refractivity contribution is 0.0708. The number of amides is 1. The van der Waals surface area contributed by atoms with Crippen LogP contribution in [0.5, 0.6) is 0 Å². The Hall–Kier alpha value is -1.33. The Morgan fingerprint density at radius 3 is 2.94 bits per heavy atom. The van der Waals surface area contributed by atoms with Gasteiger partial charge in [-0.05, 0) is 32.4 Å². The summed E-state index contributed by atoms with van der Waals surface area (Å²) in [6.45, 7) is 4.91. The van der Waals surface area contributed by atoms with Crippen molar-refractivity contribution in [3.8, 4) is 0 Å². The first kappa shape index (κ1) is 12.1. The Kier molecular flexibility index (Phi) is 3.22. The van der Waals surface area contributed by atoms with Crippen LogP contribution in [-0.4, -0.2) is 24.2 Å². The number of rotatable bonds is 3. The molecule has 1 amide bonds. The molecule has 0 aliphatic carbocycles. The second kappa shape index (κ2) is 4.50. The smallest absolute Gasteiger partial charge is 0.287 e. The molecule has 1 aliphatic rings. The standard InChI is InChI=1S/C12H18N2O3/c1-8-12(2,5-6-16-8)14-11(15)10-4-3-9(7-13)17-10/h3-4,8H,5-7,13H2,1-2H3,(H,14,15). The molecular formula is C12H18N2O3. The average molecular weight is 238 g/mol. The minimum absolute atomic E-state index is 0.00962. The van der Waals surface area contributed by atoms with E-state index in [0.29, 0.717) is 24.7 Å². The fourth-order valence-electron chi connectivity index (χ4n) is 1.93. The molecule has 2 heterocycles. The van der Waals surface area contributed by atoms with Crippen LogP contribution in [0, 0.1) is 0 Å². The second-order valence-corrected chi connectivity index (χ2v) is 4.60. The van der Waals surface area contributed by atoms with Gasteiger partial charge in [-0.25, -0.2) is 0 Å². The summed E-state index contributed by atoms with van der Waals surface area (Å²) in [4.78, 5) is 12.0. The summed E-state index contributed by atoms with van der Waals surface area (Å²) < 4.78 is 10.8. The van der Waals surface area contributed by atoms with E-state index in [9.17, 15) is 4.79 Å². The van der Waals surface area contributed by atoms with Gasteiger partial charge in [0, 0.05) is 6.61 Å². The number of ether oxygens (including phenoxy) is 1. The predicted octanol–water partition coefficient (Wildman–Crippen LogP) is 1.04. The molecule has 1 aromatic heterocycles. The highest BCUT2D eigenvalue weighted by Gasteiger charge is 2.38. The van der Waals surface area contributed by atoms with Gasteiger partial charge in [-0.15, -0.1) is 0 Å². The molecule has 0 spiro atoms. The number of nitrogens with two attached hydrogens (primary N) is 1. The van der Waals surface area contributed by atoms with Crippen LogP contribution < -0.4 is 11.1 Å². The molecule has 0 bridgehead atoms. The minimum atomic E-state index is -0.327. The number of hydrogen-bond donors (Lipinski definition) is 2. The monoisotopic (exact) mass is 238 g/mol. The van der Waals surface area contributed by atoms with Crippen molar-refractivity contribution in [2.45, 2.75) is 38.5 Å². The Balaban J connectivity index is 2.06. The third kappa shape index (κ3) is 2.35. The predicted molar refractivity (Wildman–Crippen MR) is 62.5 cm³/mol. The van der Waals surface area contributed by atoms with Crippen LogP contribution >= 0.6 is 0 Å². The number of nitrogens with one attached hydrogen (secondary N) is 1. The SMILES string of the molecule is CC1OCCC1(C)NC(=O)c1ccc(CN)o1. The molecule has 1 aliphatic heterocycles. The third-order valence-electron chi connectivity index (χ3n) is 3.37. The van der Waals surface area contributed by atoms with Crippen molar-refractivity contribution in [2.24, 2.45) is 5.73 Å². The Bertz CT molecular complexity index is 416. The lowest BCUT2D eigenvalue weighted by Crippen LogP contribution is -2.50. The van der Waals surface area contributed by atoms with Gasteiger partial charge in [0.05, 0.1) is 18.2 Å². The zero-order chi connectivity index (χ0) is 12.5. The van der Waals surface area contributed by atoms with Gasteiger partial charge in [-0.1, -0.05) is 0 Å². The summed E-state index contributed by atoms with van der Waals surface area (Å²) in [7, 11) is 0. The zero-order valence-electron chi connectivity index (χ0n) is 10.2. The lowest BCUT2D eigenvalue weighted by atomic mass is 9.94. The molecule has 2 unspecified atom stereocenters. The fourth-order valence-corrected chi connectivity index (χ4v) is 1.93. The van der Waals surface area contributed by atoms with E-state index in [1.807, 2.05) is 13.8 Å². The largest absolute Gasteiger partial charge is 0.455 e. The van der Waals surface area contributed by atoms with Gasteiger partial charge in [0.1, 0.15) is 5.76 Å². The van der Waals surface area contributed by atoms with Crippen molar-refractivity contribution in [3.63, 3.8) is 0 Å². The van der Waals surface area contributed by atoms with Crippen molar-refractivity contribution in [1.29, 1.82) is 0 Å². The summed E-state index contributed by atoms with van der Waals surface area (Å²) in [5.41, 5.74) is 5.10. The molecule has 94 valence electrons. The first-order valence-corrected chi connectivity index (χ1v) is 5.78. The summed E-state index contributed by atoms with van der Waals surface area (Å²) in [5, 5.41) is 2.96. The van der Waals surface area contributed by atoms with Crippen LogP contribution in [-0.2, 0) is 11.3 Å². The molecule has 0 radical (unpaired) electrons. The molecule has 1 saturated heterocycles. The molecular weight excluding hydrogens is 220 g/mol. The highest BCUT2D eigenvalue weighted by atomic mass is 16.5. The average Bonchev–Trinajstić information content (AvgIpc) is 2.87. The van der Waals surface area contributed by atoms with Crippen LogP contribution in [0.1, 0.15) is 36.6 Å². The maximum absolute atomic E-state index is 12.0. The van der Waals surface area contributed by atoms with Crippen LogP contribution in [0.3, 0.4) is 0 Å². The van der Waals surface area contributed by atoms with Gasteiger partial charge < -0.3 is 20.2 Å². The highest BCUT2D eigenvalue weighted by Crippen LogP contribution is 2.25. The molecule has 2 rings (SSSR count). The number of carbonyl (C=O) groups excluding carboxylic acids is 1. The molecule has 1 fully saturated rings. The molecule has 17 heavy (non-hydrogen) atoms. The molecule has 1 aromatic rings. The summed E-state index contributed by atoms with van der Waals surface area (Å²) >= 11 is 0. The van der Waals surface area contributed by atoms with Crippen molar-refractivity contribution in [2.75, 3.05) is 6.61 Å². The van der Waals surface area contributed by atoms with E-state index in [4.69, 9.17) is 14.9 Å². The first-order valence-electron chi connectivity index (χ1n) is 5.78. The molecule has 3 N–H and O–H groups in total. The van der Waals surface area contributed by atoms with Gasteiger partial charge >= 0.3 is 0 Å². The number of furan rings is 1. The normalized spacial score (nSPS) is 28.3. The lowest BCUT2D eigenvalue weighted by Gasteiger charge is -2.28. The Morgan fingerprint density at radius 2 is 2.41 bits per heavy atom. The van der Waals surface area contributed by atoms with Gasteiger partial charge in [0.15, 0.2) is 5.76 Å². The highest BCUT2D eigenvalue weighted by molar-refractivity contribution is 5.92. The third-order valence-corrected chi connectivity index (χ3v) is 3.37. The molecule has 5 nitrogen and oxygen atoms in total. The van der Waals surface area contributed by atoms with Crippen molar-refractivity contribution in [3.05, 3.63) is 23.7 Å². The number of carbonyl (C=O) groups is 1. The van der Waals surface area contributed by atoms with Gasteiger partial charge in [0.2, 0.25) is 0 Å². The van der Waals surface area contributed by atoms with E-state index in [1.165, 1.54) is 0 Å². The van der Waals surface area contributed by atoms with Crippen LogP contribution in [0.4, 0.5) is 0 Å². The molecule has 5 heteroatoms. The summed E-state index contributed by atoms with van der Waals surface area (Å²) in [6.07, 6.45) is 0.820.